The molecule has 0 aliphatic heterocycles. The van der Waals surface area contributed by atoms with Gasteiger partial charge in [-0.1, -0.05) is 0 Å². The van der Waals surface area contributed by atoms with E-state index in [-0.39, 0.29) is 4.90 Å². The van der Waals surface area contributed by atoms with Crippen LogP contribution in [0.15, 0.2) is 29.2 Å². The van der Waals surface area contributed by atoms with Gasteiger partial charge in [0.2, 0.25) is 0 Å². The SMILES string of the molecule is COc1ccc(S(=O)(=O)CC(F)(F)CN)cc1. The van der Waals surface area contributed by atoms with Crippen LogP contribution in [0.2, 0.25) is 0 Å². The highest BCUT2D eigenvalue weighted by molar-refractivity contribution is 7.91. The molecular formula is C10H13F2NO3S. The van der Waals surface area contributed by atoms with Gasteiger partial charge in [-0.3, -0.25) is 0 Å². The van der Waals surface area contributed by atoms with Gasteiger partial charge in [-0.25, -0.2) is 17.2 Å². The van der Waals surface area contributed by atoms with Crippen molar-refractivity contribution in [2.75, 3.05) is 19.4 Å². The van der Waals surface area contributed by atoms with Gasteiger partial charge in [0, 0.05) is 0 Å². The maximum atomic E-state index is 13.0. The third kappa shape index (κ3) is 3.64. The molecule has 0 aliphatic rings. The van der Waals surface area contributed by atoms with Gasteiger partial charge in [0.25, 0.3) is 5.92 Å². The zero-order valence-corrected chi connectivity index (χ0v) is 10.0. The van der Waals surface area contributed by atoms with Crippen molar-refractivity contribution in [1.82, 2.24) is 0 Å². The van der Waals surface area contributed by atoms with Crippen LogP contribution in [-0.4, -0.2) is 33.7 Å². The van der Waals surface area contributed by atoms with Crippen LogP contribution >= 0.6 is 0 Å². The average molecular weight is 265 g/mol. The van der Waals surface area contributed by atoms with Crippen LogP contribution < -0.4 is 10.5 Å². The summed E-state index contributed by atoms with van der Waals surface area (Å²) in [5, 5.41) is 0. The largest absolute Gasteiger partial charge is 0.497 e. The molecule has 7 heteroatoms. The second kappa shape index (κ2) is 4.97. The van der Waals surface area contributed by atoms with E-state index in [4.69, 9.17) is 10.5 Å². The lowest BCUT2D eigenvalue weighted by Crippen LogP contribution is -2.35. The van der Waals surface area contributed by atoms with Crippen LogP contribution in [0.3, 0.4) is 0 Å². The normalized spacial score (nSPS) is 12.5. The molecule has 0 saturated carbocycles. The maximum Gasteiger partial charge on any atom is 0.274 e. The number of halogens is 2. The number of ether oxygens (including phenoxy) is 1. The molecular weight excluding hydrogens is 252 g/mol. The molecule has 0 atom stereocenters. The Hall–Kier alpha value is -1.21. The summed E-state index contributed by atoms with van der Waals surface area (Å²) in [5.74, 6) is -4.25. The van der Waals surface area contributed by atoms with Gasteiger partial charge in [-0.2, -0.15) is 0 Å². The van der Waals surface area contributed by atoms with Crippen LogP contribution in [-0.2, 0) is 9.84 Å². The highest BCUT2D eigenvalue weighted by Crippen LogP contribution is 2.22. The molecule has 0 aromatic heterocycles. The third-order valence-corrected chi connectivity index (χ3v) is 3.91. The Kier molecular flexibility index (Phi) is 4.05. The summed E-state index contributed by atoms with van der Waals surface area (Å²) in [6.45, 7) is -0.998. The molecule has 17 heavy (non-hydrogen) atoms. The van der Waals surface area contributed by atoms with Crippen molar-refractivity contribution in [3.63, 3.8) is 0 Å². The van der Waals surface area contributed by atoms with Crippen molar-refractivity contribution in [2.24, 2.45) is 5.73 Å². The molecule has 0 unspecified atom stereocenters. The predicted octanol–water partition coefficient (Wildman–Crippen LogP) is 1.06. The summed E-state index contributed by atoms with van der Waals surface area (Å²) < 4.78 is 54.0. The summed E-state index contributed by atoms with van der Waals surface area (Å²) in [5.41, 5.74) is 4.80. The topological polar surface area (TPSA) is 69.4 Å². The lowest BCUT2D eigenvalue weighted by atomic mass is 10.3. The molecule has 1 aromatic rings. The van der Waals surface area contributed by atoms with Gasteiger partial charge >= 0.3 is 0 Å². The fourth-order valence-electron chi connectivity index (χ4n) is 1.20. The number of benzene rings is 1. The van der Waals surface area contributed by atoms with Gasteiger partial charge in [-0.05, 0) is 24.3 Å². The molecule has 0 amide bonds. The lowest BCUT2D eigenvalue weighted by Gasteiger charge is -2.14. The summed E-state index contributed by atoms with van der Waals surface area (Å²) in [7, 11) is -2.62. The molecule has 0 bridgehead atoms. The molecule has 4 nitrogen and oxygen atoms in total. The second-order valence-electron chi connectivity index (χ2n) is 3.49. The number of rotatable bonds is 5. The highest BCUT2D eigenvalue weighted by atomic mass is 32.2. The van der Waals surface area contributed by atoms with Crippen molar-refractivity contribution >= 4 is 9.84 Å². The number of methoxy groups -OCH3 is 1. The fraction of sp³-hybridized carbons (Fsp3) is 0.400. The van der Waals surface area contributed by atoms with Gasteiger partial charge in [0.05, 0.1) is 18.6 Å². The van der Waals surface area contributed by atoms with E-state index >= 15 is 0 Å². The van der Waals surface area contributed by atoms with Gasteiger partial charge in [-0.15, -0.1) is 0 Å². The predicted molar refractivity (Wildman–Crippen MR) is 59.0 cm³/mol. The Bertz CT molecular complexity index is 471. The first-order chi connectivity index (χ1) is 7.80. The van der Waals surface area contributed by atoms with Gasteiger partial charge in [0.15, 0.2) is 9.84 Å². The first-order valence-electron chi connectivity index (χ1n) is 4.75. The summed E-state index contributed by atoms with van der Waals surface area (Å²) in [6.07, 6.45) is 0. The molecule has 0 aliphatic carbocycles. The molecule has 1 aromatic carbocycles. The summed E-state index contributed by atoms with van der Waals surface area (Å²) >= 11 is 0. The van der Waals surface area contributed by atoms with Gasteiger partial charge < -0.3 is 10.5 Å². The summed E-state index contributed by atoms with van der Waals surface area (Å²) in [6, 6.07) is 5.24. The van der Waals surface area contributed by atoms with E-state index in [0.29, 0.717) is 5.75 Å². The van der Waals surface area contributed by atoms with Crippen molar-refractivity contribution in [2.45, 2.75) is 10.8 Å². The molecule has 96 valence electrons. The minimum absolute atomic E-state index is 0.175. The van der Waals surface area contributed by atoms with E-state index in [1.165, 1.54) is 31.4 Å². The van der Waals surface area contributed by atoms with E-state index in [1.54, 1.807) is 0 Å². The Morgan fingerprint density at radius 3 is 2.24 bits per heavy atom. The molecule has 0 fully saturated rings. The van der Waals surface area contributed by atoms with Crippen LogP contribution in [0.1, 0.15) is 0 Å². The number of sulfone groups is 1. The van der Waals surface area contributed by atoms with E-state index in [2.05, 4.69) is 0 Å². The van der Waals surface area contributed by atoms with E-state index < -0.39 is 28.1 Å². The van der Waals surface area contributed by atoms with Crippen LogP contribution in [0.5, 0.6) is 5.75 Å². The fourth-order valence-corrected chi connectivity index (χ4v) is 2.59. The Balaban J connectivity index is 2.97. The maximum absolute atomic E-state index is 13.0. The monoisotopic (exact) mass is 265 g/mol. The third-order valence-electron chi connectivity index (χ3n) is 2.12. The van der Waals surface area contributed by atoms with Gasteiger partial charge in [0.1, 0.15) is 11.5 Å². The van der Waals surface area contributed by atoms with E-state index in [0.717, 1.165) is 0 Å². The molecule has 0 saturated heterocycles. The number of nitrogens with two attached hydrogens (primary N) is 1. The van der Waals surface area contributed by atoms with Crippen molar-refractivity contribution in [3.05, 3.63) is 24.3 Å². The molecule has 2 N–H and O–H groups in total. The number of hydrogen-bond acceptors (Lipinski definition) is 4. The molecule has 0 heterocycles. The molecule has 1 rings (SSSR count). The highest BCUT2D eigenvalue weighted by Gasteiger charge is 2.34. The minimum atomic E-state index is -4.04. The smallest absolute Gasteiger partial charge is 0.274 e. The molecule has 0 radical (unpaired) electrons. The van der Waals surface area contributed by atoms with Crippen LogP contribution in [0, 0.1) is 0 Å². The average Bonchev–Trinajstić information content (AvgIpc) is 2.28. The van der Waals surface area contributed by atoms with E-state index in [9.17, 15) is 17.2 Å². The second-order valence-corrected chi connectivity index (χ2v) is 5.48. The Morgan fingerprint density at radius 2 is 1.82 bits per heavy atom. The minimum Gasteiger partial charge on any atom is -0.497 e. The van der Waals surface area contributed by atoms with Crippen molar-refractivity contribution in [1.29, 1.82) is 0 Å². The molecule has 0 spiro atoms. The first kappa shape index (κ1) is 13.9. The number of alkyl halides is 2. The zero-order valence-electron chi connectivity index (χ0n) is 9.19. The summed E-state index contributed by atoms with van der Waals surface area (Å²) in [4.78, 5) is -0.175. The van der Waals surface area contributed by atoms with Crippen LogP contribution in [0.4, 0.5) is 8.78 Å². The zero-order chi connectivity index (χ0) is 13.1. The standard InChI is InChI=1S/C10H13F2NO3S/c1-16-8-2-4-9(5-3-8)17(14,15)7-10(11,12)6-13/h2-5H,6-7,13H2,1H3. The number of hydrogen-bond donors (Lipinski definition) is 1. The lowest BCUT2D eigenvalue weighted by molar-refractivity contribution is 0.0357. The quantitative estimate of drug-likeness (QED) is 0.864. The first-order valence-corrected chi connectivity index (χ1v) is 6.41. The van der Waals surface area contributed by atoms with E-state index in [1.807, 2.05) is 0 Å². The Morgan fingerprint density at radius 1 is 1.29 bits per heavy atom. The van der Waals surface area contributed by atoms with Crippen molar-refractivity contribution < 1.29 is 21.9 Å². The van der Waals surface area contributed by atoms with Crippen molar-refractivity contribution in [3.8, 4) is 5.75 Å². The Labute approximate surface area is 98.3 Å². The van der Waals surface area contributed by atoms with Crippen LogP contribution in [0.25, 0.3) is 0 Å².